The molecule has 7 heteroatoms. The van der Waals surface area contributed by atoms with Crippen LogP contribution in [0, 0.1) is 5.82 Å². The molecule has 0 N–H and O–H groups in total. The van der Waals surface area contributed by atoms with Gasteiger partial charge in [0, 0.05) is 35.7 Å². The second-order valence-corrected chi connectivity index (χ2v) is 9.67. The van der Waals surface area contributed by atoms with Crippen molar-refractivity contribution in [2.24, 2.45) is 0 Å². The van der Waals surface area contributed by atoms with Crippen LogP contribution in [0.1, 0.15) is 40.8 Å². The van der Waals surface area contributed by atoms with Crippen molar-refractivity contribution in [1.82, 2.24) is 15.1 Å². The van der Waals surface area contributed by atoms with E-state index in [2.05, 4.69) is 10.2 Å². The molecule has 34 heavy (non-hydrogen) atoms. The maximum Gasteiger partial charge on any atom is 0.234 e. The summed E-state index contributed by atoms with van der Waals surface area (Å²) in [6.45, 7) is 1.28. The van der Waals surface area contributed by atoms with Crippen LogP contribution < -0.4 is 4.74 Å². The van der Waals surface area contributed by atoms with Crippen LogP contribution in [0.2, 0.25) is 0 Å². The van der Waals surface area contributed by atoms with E-state index in [0.29, 0.717) is 23.7 Å². The number of fused-ring (bicyclic) bond motifs is 2. The second kappa shape index (κ2) is 8.65. The van der Waals surface area contributed by atoms with Crippen molar-refractivity contribution in [3.8, 4) is 22.1 Å². The number of carbonyl (C=O) groups excluding carboxylic acids is 1. The molecule has 0 spiro atoms. The summed E-state index contributed by atoms with van der Waals surface area (Å²) in [7, 11) is 0. The first-order chi connectivity index (χ1) is 16.7. The van der Waals surface area contributed by atoms with E-state index in [-0.39, 0.29) is 17.6 Å². The average Bonchev–Trinajstić information content (AvgIpc) is 3.37. The van der Waals surface area contributed by atoms with Crippen LogP contribution in [-0.4, -0.2) is 34.1 Å². The Kier molecular flexibility index (Phi) is 5.34. The molecule has 3 aromatic carbocycles. The minimum Gasteiger partial charge on any atom is -0.457 e. The third kappa shape index (κ3) is 3.66. The Bertz CT molecular complexity index is 1330. The maximum atomic E-state index is 14.2. The molecule has 0 radical (unpaired) electrons. The number of hydrogen-bond donors (Lipinski definition) is 0. The van der Waals surface area contributed by atoms with E-state index in [9.17, 15) is 9.18 Å². The van der Waals surface area contributed by atoms with Gasteiger partial charge in [0.15, 0.2) is 5.01 Å². The third-order valence-corrected chi connectivity index (χ3v) is 7.67. The molecule has 5 nitrogen and oxygen atoms in total. The molecule has 3 heterocycles. The first-order valence-corrected chi connectivity index (χ1v) is 12.2. The molecular formula is C27H22FN3O2S. The van der Waals surface area contributed by atoms with Gasteiger partial charge in [0.2, 0.25) is 5.91 Å². The number of carbonyl (C=O) groups is 1. The summed E-state index contributed by atoms with van der Waals surface area (Å²) >= 11 is 1.41. The number of nitrogens with zero attached hydrogens (tertiary/aromatic N) is 3. The Morgan fingerprint density at radius 2 is 1.62 bits per heavy atom. The lowest BCUT2D eigenvalue weighted by Gasteiger charge is -2.36. The van der Waals surface area contributed by atoms with Crippen LogP contribution in [0.4, 0.5) is 4.39 Å². The molecule has 1 fully saturated rings. The fraction of sp³-hybridized carbons (Fsp3) is 0.222. The van der Waals surface area contributed by atoms with Crippen LogP contribution in [0.3, 0.4) is 0 Å². The number of piperidine rings is 1. The van der Waals surface area contributed by atoms with Crippen molar-refractivity contribution < 1.29 is 13.9 Å². The normalized spacial score (nSPS) is 17.6. The average molecular weight is 472 g/mol. The van der Waals surface area contributed by atoms with Gasteiger partial charge in [-0.3, -0.25) is 4.79 Å². The summed E-state index contributed by atoms with van der Waals surface area (Å²) in [6.07, 6.45) is 1.81. The zero-order valence-corrected chi connectivity index (χ0v) is 19.2. The number of amides is 1. The van der Waals surface area contributed by atoms with E-state index in [1.165, 1.54) is 17.4 Å². The molecule has 1 aromatic heterocycles. The summed E-state index contributed by atoms with van der Waals surface area (Å²) in [5.74, 6) is 0.914. The molecule has 1 amide bonds. The largest absolute Gasteiger partial charge is 0.457 e. The fourth-order valence-corrected chi connectivity index (χ4v) is 5.88. The van der Waals surface area contributed by atoms with Crippen molar-refractivity contribution in [2.45, 2.75) is 24.7 Å². The fourth-order valence-electron chi connectivity index (χ4n) is 4.88. The van der Waals surface area contributed by atoms with E-state index in [0.717, 1.165) is 40.5 Å². The first kappa shape index (κ1) is 21.0. The van der Waals surface area contributed by atoms with Crippen LogP contribution in [0.15, 0.2) is 72.8 Å². The van der Waals surface area contributed by atoms with Crippen molar-refractivity contribution >= 4 is 17.2 Å². The Morgan fingerprint density at radius 1 is 0.941 bits per heavy atom. The minimum atomic E-state index is -0.400. The molecular weight excluding hydrogens is 449 g/mol. The zero-order chi connectivity index (χ0) is 23.1. The number of hydrogen-bond acceptors (Lipinski definition) is 5. The highest BCUT2D eigenvalue weighted by Crippen LogP contribution is 2.45. The molecule has 1 saturated heterocycles. The third-order valence-electron chi connectivity index (χ3n) is 6.55. The van der Waals surface area contributed by atoms with Crippen LogP contribution in [0.5, 0.6) is 11.5 Å². The molecule has 170 valence electrons. The number of aromatic nitrogens is 2. The molecule has 2 aliphatic heterocycles. The van der Waals surface area contributed by atoms with Crippen molar-refractivity contribution in [3.05, 3.63) is 94.7 Å². The van der Waals surface area contributed by atoms with E-state index in [1.807, 2.05) is 53.4 Å². The Morgan fingerprint density at radius 3 is 2.35 bits per heavy atom. The number of likely N-dealkylation sites (tertiary alicyclic amines) is 1. The number of halogens is 1. The van der Waals surface area contributed by atoms with Gasteiger partial charge in [0.1, 0.15) is 22.3 Å². The number of para-hydroxylation sites is 2. The van der Waals surface area contributed by atoms with Gasteiger partial charge in [-0.1, -0.05) is 59.9 Å². The molecule has 0 saturated carbocycles. The Balaban J connectivity index is 1.28. The highest BCUT2D eigenvalue weighted by Gasteiger charge is 2.37. The SMILES string of the molecule is O=C(C1c2ccccc2Oc2ccccc21)N1CCCC(c2nnc(-c3ccccc3F)s2)C1. The van der Waals surface area contributed by atoms with Gasteiger partial charge in [-0.2, -0.15) is 0 Å². The highest BCUT2D eigenvalue weighted by atomic mass is 32.1. The van der Waals surface area contributed by atoms with Gasteiger partial charge in [0.05, 0.1) is 5.92 Å². The lowest BCUT2D eigenvalue weighted by atomic mass is 9.86. The molecule has 0 bridgehead atoms. The predicted octanol–water partition coefficient (Wildman–Crippen LogP) is 5.99. The highest BCUT2D eigenvalue weighted by molar-refractivity contribution is 7.14. The molecule has 2 aliphatic rings. The summed E-state index contributed by atoms with van der Waals surface area (Å²) in [5, 5.41) is 10.1. The smallest absolute Gasteiger partial charge is 0.234 e. The van der Waals surface area contributed by atoms with Gasteiger partial charge < -0.3 is 9.64 Å². The summed E-state index contributed by atoms with van der Waals surface area (Å²) in [4.78, 5) is 15.9. The molecule has 1 atom stereocenters. The van der Waals surface area contributed by atoms with Crippen molar-refractivity contribution in [2.75, 3.05) is 13.1 Å². The van der Waals surface area contributed by atoms with Crippen LogP contribution >= 0.6 is 11.3 Å². The lowest BCUT2D eigenvalue weighted by Crippen LogP contribution is -2.42. The van der Waals surface area contributed by atoms with Gasteiger partial charge >= 0.3 is 0 Å². The van der Waals surface area contributed by atoms with Crippen molar-refractivity contribution in [1.29, 1.82) is 0 Å². The Labute approximate surface area is 200 Å². The van der Waals surface area contributed by atoms with Gasteiger partial charge in [-0.15, -0.1) is 10.2 Å². The Hall–Kier alpha value is -3.58. The van der Waals surface area contributed by atoms with Gasteiger partial charge in [-0.05, 0) is 37.1 Å². The molecule has 6 rings (SSSR count). The van der Waals surface area contributed by atoms with E-state index in [1.54, 1.807) is 18.2 Å². The molecule has 0 aliphatic carbocycles. The predicted molar refractivity (Wildman–Crippen MR) is 129 cm³/mol. The summed E-state index contributed by atoms with van der Waals surface area (Å²) in [6, 6.07) is 22.1. The van der Waals surface area contributed by atoms with E-state index >= 15 is 0 Å². The molecule has 4 aromatic rings. The minimum absolute atomic E-state index is 0.0757. The first-order valence-electron chi connectivity index (χ1n) is 11.4. The number of ether oxygens (including phenoxy) is 1. The quantitative estimate of drug-likeness (QED) is 0.368. The second-order valence-electron chi connectivity index (χ2n) is 8.66. The van der Waals surface area contributed by atoms with Crippen LogP contribution in [-0.2, 0) is 4.79 Å². The zero-order valence-electron chi connectivity index (χ0n) is 18.4. The van der Waals surface area contributed by atoms with Gasteiger partial charge in [0.25, 0.3) is 0 Å². The molecule has 1 unspecified atom stereocenters. The van der Waals surface area contributed by atoms with E-state index < -0.39 is 5.92 Å². The summed E-state index contributed by atoms with van der Waals surface area (Å²) < 4.78 is 20.3. The number of rotatable bonds is 3. The standard InChI is InChI=1S/C27H22FN3O2S/c28-21-12-4-1-9-18(21)26-30-29-25(34-26)17-8-7-15-31(16-17)27(32)24-19-10-2-5-13-22(19)33-23-14-6-3-11-20(23)24/h1-6,9-14,17,24H,7-8,15-16H2. The van der Waals surface area contributed by atoms with Gasteiger partial charge in [-0.25, -0.2) is 4.39 Å². The van der Waals surface area contributed by atoms with Crippen molar-refractivity contribution in [3.63, 3.8) is 0 Å². The van der Waals surface area contributed by atoms with Crippen LogP contribution in [0.25, 0.3) is 10.6 Å². The topological polar surface area (TPSA) is 55.3 Å². The van der Waals surface area contributed by atoms with E-state index in [4.69, 9.17) is 4.74 Å². The summed E-state index contributed by atoms with van der Waals surface area (Å²) in [5.41, 5.74) is 2.25. The lowest BCUT2D eigenvalue weighted by molar-refractivity contribution is -0.133. The number of benzene rings is 3. The monoisotopic (exact) mass is 471 g/mol. The maximum absolute atomic E-state index is 14.2.